The molecule has 0 atom stereocenters. The van der Waals surface area contributed by atoms with Crippen LogP contribution in [0.5, 0.6) is 11.5 Å². The first-order valence-electron chi connectivity index (χ1n) is 11.2. The summed E-state index contributed by atoms with van der Waals surface area (Å²) >= 11 is 0. The van der Waals surface area contributed by atoms with Crippen LogP contribution >= 0.6 is 0 Å². The third-order valence-corrected chi connectivity index (χ3v) is 6.02. The lowest BCUT2D eigenvalue weighted by Crippen LogP contribution is -1.98. The van der Waals surface area contributed by atoms with Crippen molar-refractivity contribution in [3.8, 4) is 45.0 Å². The highest BCUT2D eigenvalue weighted by atomic mass is 16.5. The summed E-state index contributed by atoms with van der Waals surface area (Å²) in [5.41, 5.74) is 6.58. The minimum absolute atomic E-state index is 0.679. The summed E-state index contributed by atoms with van der Waals surface area (Å²) < 4.78 is 11.1. The van der Waals surface area contributed by atoms with Crippen molar-refractivity contribution in [1.82, 2.24) is 4.98 Å². The molecule has 0 aliphatic heterocycles. The van der Waals surface area contributed by atoms with E-state index in [4.69, 9.17) is 14.5 Å². The minimum atomic E-state index is 0.679. The van der Waals surface area contributed by atoms with Crippen LogP contribution in [0.4, 0.5) is 5.82 Å². The van der Waals surface area contributed by atoms with Crippen molar-refractivity contribution < 1.29 is 9.47 Å². The maximum Gasteiger partial charge on any atom is 0.161 e. The number of anilines is 1. The maximum absolute atomic E-state index is 5.55. The molecule has 4 heteroatoms. The van der Waals surface area contributed by atoms with E-state index in [-0.39, 0.29) is 0 Å². The zero-order valence-electron chi connectivity index (χ0n) is 19.5. The molecule has 0 saturated carbocycles. The van der Waals surface area contributed by atoms with Crippen molar-refractivity contribution in [2.45, 2.75) is 0 Å². The number of hydrogen-bond donors (Lipinski definition) is 1. The highest BCUT2D eigenvalue weighted by Gasteiger charge is 2.14. The fourth-order valence-corrected chi connectivity index (χ4v) is 4.29. The maximum atomic E-state index is 5.55. The van der Waals surface area contributed by atoms with Gasteiger partial charge >= 0.3 is 0 Å². The van der Waals surface area contributed by atoms with Crippen molar-refractivity contribution in [2.24, 2.45) is 0 Å². The number of pyridine rings is 1. The number of fused-ring (bicyclic) bond motifs is 1. The number of hydrogen-bond acceptors (Lipinski definition) is 4. The van der Waals surface area contributed by atoms with E-state index < -0.39 is 0 Å². The first kappa shape index (κ1) is 21.5. The third-order valence-electron chi connectivity index (χ3n) is 6.02. The predicted molar refractivity (Wildman–Crippen MR) is 141 cm³/mol. The number of methoxy groups -OCH3 is 2. The summed E-state index contributed by atoms with van der Waals surface area (Å²) in [5.74, 6) is 2.16. The summed E-state index contributed by atoms with van der Waals surface area (Å²) in [6.45, 7) is 0. The SMILES string of the molecule is CNc1nc(-c2cc(-c3ccccc3)cc(-c3ccccc3)c2)cc2cc(OC)c(OC)cc12. The number of aromatic nitrogens is 1. The average Bonchev–Trinajstić information content (AvgIpc) is 2.92. The van der Waals surface area contributed by atoms with Gasteiger partial charge in [-0.1, -0.05) is 60.7 Å². The molecule has 168 valence electrons. The van der Waals surface area contributed by atoms with Gasteiger partial charge in [-0.15, -0.1) is 0 Å². The Balaban J connectivity index is 1.74. The molecular weight excluding hydrogens is 420 g/mol. The highest BCUT2D eigenvalue weighted by molar-refractivity contribution is 5.97. The number of benzene rings is 4. The summed E-state index contributed by atoms with van der Waals surface area (Å²) in [6, 6.07) is 33.6. The van der Waals surface area contributed by atoms with Gasteiger partial charge in [0.25, 0.3) is 0 Å². The number of ether oxygens (including phenoxy) is 2. The molecule has 5 rings (SSSR count). The van der Waals surface area contributed by atoms with Crippen LogP contribution in [0.25, 0.3) is 44.3 Å². The predicted octanol–water partition coefficient (Wildman–Crippen LogP) is 7.29. The molecule has 0 saturated heterocycles. The molecule has 1 N–H and O–H groups in total. The Morgan fingerprint density at radius 2 is 1.12 bits per heavy atom. The molecular formula is C30H26N2O2. The Bertz CT molecular complexity index is 1390. The molecule has 4 nitrogen and oxygen atoms in total. The Kier molecular flexibility index (Phi) is 5.88. The van der Waals surface area contributed by atoms with E-state index in [1.54, 1.807) is 14.2 Å². The topological polar surface area (TPSA) is 43.4 Å². The van der Waals surface area contributed by atoms with Gasteiger partial charge in [0, 0.05) is 18.0 Å². The van der Waals surface area contributed by atoms with Crippen molar-refractivity contribution in [1.29, 1.82) is 0 Å². The average molecular weight is 447 g/mol. The molecule has 0 aliphatic carbocycles. The lowest BCUT2D eigenvalue weighted by atomic mass is 9.94. The molecule has 0 bridgehead atoms. The van der Waals surface area contributed by atoms with E-state index >= 15 is 0 Å². The van der Waals surface area contributed by atoms with Gasteiger partial charge in [0.2, 0.25) is 0 Å². The molecule has 5 aromatic rings. The lowest BCUT2D eigenvalue weighted by molar-refractivity contribution is 0.356. The van der Waals surface area contributed by atoms with Crippen molar-refractivity contribution in [2.75, 3.05) is 26.6 Å². The van der Waals surface area contributed by atoms with Gasteiger partial charge in [-0.25, -0.2) is 4.98 Å². The zero-order chi connectivity index (χ0) is 23.5. The molecule has 0 fully saturated rings. The fourth-order valence-electron chi connectivity index (χ4n) is 4.29. The standard InChI is InChI=1S/C30H26N2O2/c1-31-30-26-19-29(34-3)28(33-2)18-24(26)17-27(32-30)25-15-22(20-10-6-4-7-11-20)14-23(16-25)21-12-8-5-9-13-21/h4-19H,1-3H3,(H,31,32). The van der Waals surface area contributed by atoms with E-state index in [0.29, 0.717) is 11.5 Å². The number of rotatable bonds is 6. The molecule has 0 aliphatic rings. The van der Waals surface area contributed by atoms with Gasteiger partial charge in [-0.05, 0) is 64.0 Å². The largest absolute Gasteiger partial charge is 0.493 e. The van der Waals surface area contributed by atoms with Gasteiger partial charge in [0.15, 0.2) is 11.5 Å². The molecule has 0 spiro atoms. The molecule has 34 heavy (non-hydrogen) atoms. The smallest absolute Gasteiger partial charge is 0.161 e. The normalized spacial score (nSPS) is 10.8. The van der Waals surface area contributed by atoms with Crippen LogP contribution in [0, 0.1) is 0 Å². The Labute approximate surface area is 199 Å². The van der Waals surface area contributed by atoms with Crippen LogP contribution in [0.1, 0.15) is 0 Å². The van der Waals surface area contributed by atoms with Crippen LogP contribution in [0.3, 0.4) is 0 Å². The molecule has 4 aromatic carbocycles. The number of nitrogens with one attached hydrogen (secondary N) is 1. The quantitative estimate of drug-likeness (QED) is 0.297. The van der Waals surface area contributed by atoms with E-state index in [0.717, 1.165) is 39.0 Å². The highest BCUT2D eigenvalue weighted by Crippen LogP contribution is 2.38. The second kappa shape index (κ2) is 9.28. The van der Waals surface area contributed by atoms with Crippen LogP contribution in [0.2, 0.25) is 0 Å². The van der Waals surface area contributed by atoms with Gasteiger partial charge in [0.1, 0.15) is 5.82 Å². The van der Waals surface area contributed by atoms with Crippen molar-refractivity contribution >= 4 is 16.6 Å². The van der Waals surface area contributed by atoms with Gasteiger partial charge in [0.05, 0.1) is 19.9 Å². The molecule has 1 aromatic heterocycles. The van der Waals surface area contributed by atoms with Crippen LogP contribution in [0.15, 0.2) is 97.1 Å². The first-order chi connectivity index (χ1) is 16.7. The Hall–Kier alpha value is -4.31. The van der Waals surface area contributed by atoms with Crippen molar-refractivity contribution in [3.05, 3.63) is 97.1 Å². The summed E-state index contributed by atoms with van der Waals surface area (Å²) in [7, 11) is 5.18. The fraction of sp³-hybridized carbons (Fsp3) is 0.100. The zero-order valence-corrected chi connectivity index (χ0v) is 19.5. The molecule has 0 unspecified atom stereocenters. The van der Waals surface area contributed by atoms with Gasteiger partial charge < -0.3 is 14.8 Å². The monoisotopic (exact) mass is 446 g/mol. The van der Waals surface area contributed by atoms with Crippen molar-refractivity contribution in [3.63, 3.8) is 0 Å². The Morgan fingerprint density at radius 1 is 0.588 bits per heavy atom. The summed E-state index contributed by atoms with van der Waals surface area (Å²) in [5, 5.41) is 5.26. The van der Waals surface area contributed by atoms with E-state index in [9.17, 15) is 0 Å². The van der Waals surface area contributed by atoms with Gasteiger partial charge in [-0.3, -0.25) is 0 Å². The van der Waals surface area contributed by atoms with E-state index in [1.165, 1.54) is 11.1 Å². The van der Waals surface area contributed by atoms with Crippen LogP contribution in [-0.4, -0.2) is 26.3 Å². The minimum Gasteiger partial charge on any atom is -0.493 e. The number of nitrogens with zero attached hydrogens (tertiary/aromatic N) is 1. The summed E-state index contributed by atoms with van der Waals surface area (Å²) in [6.07, 6.45) is 0. The molecule has 0 amide bonds. The van der Waals surface area contributed by atoms with E-state index in [2.05, 4.69) is 78.1 Å². The second-order valence-electron chi connectivity index (χ2n) is 8.07. The van der Waals surface area contributed by atoms with Gasteiger partial charge in [-0.2, -0.15) is 0 Å². The first-order valence-corrected chi connectivity index (χ1v) is 11.2. The van der Waals surface area contributed by atoms with Crippen LogP contribution in [-0.2, 0) is 0 Å². The Morgan fingerprint density at radius 3 is 1.65 bits per heavy atom. The molecule has 0 radical (unpaired) electrons. The third kappa shape index (κ3) is 4.06. The lowest BCUT2D eigenvalue weighted by Gasteiger charge is -2.15. The van der Waals surface area contributed by atoms with E-state index in [1.807, 2.05) is 31.3 Å². The second-order valence-corrected chi connectivity index (χ2v) is 8.07. The van der Waals surface area contributed by atoms with Crippen LogP contribution < -0.4 is 14.8 Å². The summed E-state index contributed by atoms with van der Waals surface area (Å²) in [4.78, 5) is 4.98. The molecule has 1 heterocycles.